The number of rotatable bonds is 3. The molecule has 0 fully saturated rings. The van der Waals surface area contributed by atoms with Gasteiger partial charge in [-0.05, 0) is 18.2 Å². The second-order valence-corrected chi connectivity index (χ2v) is 4.32. The van der Waals surface area contributed by atoms with Crippen LogP contribution in [0.25, 0.3) is 0 Å². The normalized spacial score (nSPS) is 10.5. The average Bonchev–Trinajstić information content (AvgIpc) is 2.63. The molecule has 0 spiro atoms. The van der Waals surface area contributed by atoms with Crippen molar-refractivity contribution in [2.45, 2.75) is 10.6 Å². The number of nitrogens with zero attached hydrogens (tertiary/aromatic N) is 2. The molecule has 1 aromatic carbocycles. The van der Waals surface area contributed by atoms with Gasteiger partial charge in [-0.15, -0.1) is 11.8 Å². The SMILES string of the molecule is Cn1ccc(CSc2ccccc2N)n1. The molecule has 2 N–H and O–H groups in total. The molecule has 2 rings (SSSR count). The highest BCUT2D eigenvalue weighted by atomic mass is 32.2. The molecule has 4 heteroatoms. The summed E-state index contributed by atoms with van der Waals surface area (Å²) in [7, 11) is 1.92. The van der Waals surface area contributed by atoms with Crippen molar-refractivity contribution in [3.05, 3.63) is 42.2 Å². The summed E-state index contributed by atoms with van der Waals surface area (Å²) in [6.07, 6.45) is 1.95. The number of aryl methyl sites for hydroxylation is 1. The van der Waals surface area contributed by atoms with Crippen molar-refractivity contribution < 1.29 is 0 Å². The van der Waals surface area contributed by atoms with Crippen LogP contribution in [0.5, 0.6) is 0 Å². The monoisotopic (exact) mass is 219 g/mol. The molecular weight excluding hydrogens is 206 g/mol. The third-order valence-electron chi connectivity index (χ3n) is 2.06. The van der Waals surface area contributed by atoms with Crippen molar-refractivity contribution >= 4 is 17.4 Å². The van der Waals surface area contributed by atoms with Gasteiger partial charge in [-0.1, -0.05) is 12.1 Å². The molecule has 0 aliphatic heterocycles. The van der Waals surface area contributed by atoms with Crippen LogP contribution >= 0.6 is 11.8 Å². The van der Waals surface area contributed by atoms with Gasteiger partial charge in [-0.3, -0.25) is 4.68 Å². The van der Waals surface area contributed by atoms with E-state index < -0.39 is 0 Å². The lowest BCUT2D eigenvalue weighted by Crippen LogP contribution is -1.91. The van der Waals surface area contributed by atoms with Crippen LogP contribution < -0.4 is 5.73 Å². The molecule has 15 heavy (non-hydrogen) atoms. The Hall–Kier alpha value is -1.42. The van der Waals surface area contributed by atoms with E-state index in [1.54, 1.807) is 11.8 Å². The van der Waals surface area contributed by atoms with Crippen LogP contribution in [0, 0.1) is 0 Å². The second-order valence-electron chi connectivity index (χ2n) is 3.31. The van der Waals surface area contributed by atoms with Gasteiger partial charge in [0.25, 0.3) is 0 Å². The Kier molecular flexibility index (Phi) is 2.97. The summed E-state index contributed by atoms with van der Waals surface area (Å²) < 4.78 is 1.81. The summed E-state index contributed by atoms with van der Waals surface area (Å²) in [5, 5.41) is 4.31. The van der Waals surface area contributed by atoms with Crippen LogP contribution in [0.15, 0.2) is 41.4 Å². The fraction of sp³-hybridized carbons (Fsp3) is 0.182. The molecule has 0 bridgehead atoms. The molecule has 0 saturated carbocycles. The van der Waals surface area contributed by atoms with Gasteiger partial charge >= 0.3 is 0 Å². The molecule has 0 amide bonds. The highest BCUT2D eigenvalue weighted by Gasteiger charge is 2.01. The van der Waals surface area contributed by atoms with E-state index in [1.807, 2.05) is 48.3 Å². The first kappa shape index (κ1) is 10.1. The molecule has 0 aliphatic rings. The first-order chi connectivity index (χ1) is 7.25. The number of thioether (sulfide) groups is 1. The predicted molar refractivity (Wildman–Crippen MR) is 63.6 cm³/mol. The zero-order chi connectivity index (χ0) is 10.7. The number of hydrogen-bond acceptors (Lipinski definition) is 3. The Balaban J connectivity index is 2.02. The van der Waals surface area contributed by atoms with Crippen molar-refractivity contribution in [3.8, 4) is 0 Å². The molecule has 2 aromatic rings. The van der Waals surface area contributed by atoms with Gasteiger partial charge in [0.15, 0.2) is 0 Å². The van der Waals surface area contributed by atoms with Gasteiger partial charge in [-0.2, -0.15) is 5.10 Å². The summed E-state index contributed by atoms with van der Waals surface area (Å²) in [5.74, 6) is 0.856. The molecule has 0 radical (unpaired) electrons. The molecule has 0 atom stereocenters. The summed E-state index contributed by atoms with van der Waals surface area (Å²) in [5.41, 5.74) is 7.75. The van der Waals surface area contributed by atoms with Gasteiger partial charge in [0.05, 0.1) is 5.69 Å². The van der Waals surface area contributed by atoms with Crippen molar-refractivity contribution in [1.82, 2.24) is 9.78 Å². The number of hydrogen-bond donors (Lipinski definition) is 1. The third kappa shape index (κ3) is 2.53. The van der Waals surface area contributed by atoms with E-state index in [2.05, 4.69) is 5.10 Å². The number of benzene rings is 1. The van der Waals surface area contributed by atoms with E-state index >= 15 is 0 Å². The van der Waals surface area contributed by atoms with Gasteiger partial charge in [0, 0.05) is 29.6 Å². The second kappa shape index (κ2) is 4.40. The van der Waals surface area contributed by atoms with E-state index in [4.69, 9.17) is 5.73 Å². The van der Waals surface area contributed by atoms with Crippen molar-refractivity contribution in [2.24, 2.45) is 7.05 Å². The van der Waals surface area contributed by atoms with E-state index in [0.717, 1.165) is 22.0 Å². The van der Waals surface area contributed by atoms with Crippen LogP contribution in [0.4, 0.5) is 5.69 Å². The van der Waals surface area contributed by atoms with Gasteiger partial charge < -0.3 is 5.73 Å². The zero-order valence-electron chi connectivity index (χ0n) is 8.55. The molecule has 0 saturated heterocycles. The Morgan fingerprint density at radius 2 is 2.13 bits per heavy atom. The first-order valence-electron chi connectivity index (χ1n) is 4.71. The van der Waals surface area contributed by atoms with E-state index in [0.29, 0.717) is 0 Å². The van der Waals surface area contributed by atoms with Crippen molar-refractivity contribution in [2.75, 3.05) is 5.73 Å². The Morgan fingerprint density at radius 1 is 1.33 bits per heavy atom. The van der Waals surface area contributed by atoms with E-state index in [1.165, 1.54) is 0 Å². The molecule has 78 valence electrons. The maximum absolute atomic E-state index is 5.84. The minimum atomic E-state index is 0.832. The number of aromatic nitrogens is 2. The topological polar surface area (TPSA) is 43.8 Å². The van der Waals surface area contributed by atoms with Crippen LogP contribution in [-0.2, 0) is 12.8 Å². The van der Waals surface area contributed by atoms with Crippen molar-refractivity contribution in [1.29, 1.82) is 0 Å². The summed E-state index contributed by atoms with van der Waals surface area (Å²) in [6.45, 7) is 0. The summed E-state index contributed by atoms with van der Waals surface area (Å²) in [6, 6.07) is 9.91. The lowest BCUT2D eigenvalue weighted by molar-refractivity contribution is 0.755. The quantitative estimate of drug-likeness (QED) is 0.636. The molecule has 1 heterocycles. The number of anilines is 1. The van der Waals surface area contributed by atoms with Crippen molar-refractivity contribution in [3.63, 3.8) is 0 Å². The predicted octanol–water partition coefficient (Wildman–Crippen LogP) is 2.29. The first-order valence-corrected chi connectivity index (χ1v) is 5.70. The number of nitrogen functional groups attached to an aromatic ring is 1. The number of nitrogens with two attached hydrogens (primary N) is 1. The minimum absolute atomic E-state index is 0.832. The molecular formula is C11H13N3S. The summed E-state index contributed by atoms with van der Waals surface area (Å²) >= 11 is 1.71. The molecule has 0 aliphatic carbocycles. The fourth-order valence-corrected chi connectivity index (χ4v) is 2.17. The van der Waals surface area contributed by atoms with Crippen LogP contribution in [-0.4, -0.2) is 9.78 Å². The lowest BCUT2D eigenvalue weighted by atomic mass is 10.3. The largest absolute Gasteiger partial charge is 0.398 e. The molecule has 3 nitrogen and oxygen atoms in total. The lowest BCUT2D eigenvalue weighted by Gasteiger charge is -2.02. The minimum Gasteiger partial charge on any atom is -0.398 e. The van der Waals surface area contributed by atoms with Crippen LogP contribution in [0.3, 0.4) is 0 Å². The molecule has 0 unspecified atom stereocenters. The van der Waals surface area contributed by atoms with E-state index in [9.17, 15) is 0 Å². The van der Waals surface area contributed by atoms with Gasteiger partial charge in [-0.25, -0.2) is 0 Å². The smallest absolute Gasteiger partial charge is 0.0727 e. The zero-order valence-corrected chi connectivity index (χ0v) is 9.37. The number of para-hydroxylation sites is 1. The Labute approximate surface area is 93.3 Å². The van der Waals surface area contributed by atoms with Crippen LogP contribution in [0.1, 0.15) is 5.69 Å². The third-order valence-corrected chi connectivity index (χ3v) is 3.19. The van der Waals surface area contributed by atoms with Gasteiger partial charge in [0.1, 0.15) is 0 Å². The summed E-state index contributed by atoms with van der Waals surface area (Å²) in [4.78, 5) is 1.11. The Morgan fingerprint density at radius 3 is 2.80 bits per heavy atom. The standard InChI is InChI=1S/C11H13N3S/c1-14-7-6-9(13-14)8-15-11-5-3-2-4-10(11)12/h2-7H,8,12H2,1H3. The maximum atomic E-state index is 5.84. The fourth-order valence-electron chi connectivity index (χ4n) is 1.30. The van der Waals surface area contributed by atoms with Crippen LogP contribution in [0.2, 0.25) is 0 Å². The van der Waals surface area contributed by atoms with Gasteiger partial charge in [0.2, 0.25) is 0 Å². The van der Waals surface area contributed by atoms with E-state index in [-0.39, 0.29) is 0 Å². The highest BCUT2D eigenvalue weighted by molar-refractivity contribution is 7.98. The highest BCUT2D eigenvalue weighted by Crippen LogP contribution is 2.26. The maximum Gasteiger partial charge on any atom is 0.0727 e. The average molecular weight is 219 g/mol. The molecule has 1 aromatic heterocycles. The Bertz CT molecular complexity index is 451.